The second-order valence-electron chi connectivity index (χ2n) is 11.4. The molecule has 0 spiro atoms. The number of aromatic nitrogens is 4. The maximum absolute atomic E-state index is 13.9. The highest BCUT2D eigenvalue weighted by atomic mass is 19.3. The fourth-order valence-electron chi connectivity index (χ4n) is 4.94. The quantitative estimate of drug-likeness (QED) is 0.403. The summed E-state index contributed by atoms with van der Waals surface area (Å²) in [6, 6.07) is 6.57. The third kappa shape index (κ3) is 6.53. The summed E-state index contributed by atoms with van der Waals surface area (Å²) in [5, 5.41) is 10.1. The number of hydrogen-bond donors (Lipinski definition) is 3. The summed E-state index contributed by atoms with van der Waals surface area (Å²) in [5.41, 5.74) is 2.64. The molecule has 200 valence electrons. The van der Waals surface area contributed by atoms with Gasteiger partial charge < -0.3 is 15.6 Å². The maximum atomic E-state index is 13.9. The largest absolute Gasteiger partial charge is 0.350 e. The summed E-state index contributed by atoms with van der Waals surface area (Å²) in [6.45, 7) is 7.99. The van der Waals surface area contributed by atoms with E-state index in [4.69, 9.17) is 4.98 Å². The Bertz CT molecular complexity index is 1270. The van der Waals surface area contributed by atoms with Crippen molar-refractivity contribution >= 4 is 22.8 Å². The monoisotopic (exact) mass is 514 g/mol. The fourth-order valence-corrected chi connectivity index (χ4v) is 4.94. The van der Waals surface area contributed by atoms with Crippen LogP contribution in [0.4, 0.5) is 8.78 Å². The first-order chi connectivity index (χ1) is 17.3. The van der Waals surface area contributed by atoms with Crippen LogP contribution < -0.4 is 10.6 Å². The minimum absolute atomic E-state index is 0.0163. The lowest BCUT2D eigenvalue weighted by molar-refractivity contribution is -0.123. The molecule has 0 radical (unpaired) electrons. The number of aromatic amines is 1. The highest BCUT2D eigenvalue weighted by molar-refractivity contribution is 5.92. The predicted molar refractivity (Wildman–Crippen MR) is 137 cm³/mol. The van der Waals surface area contributed by atoms with Crippen LogP contribution in [0.5, 0.6) is 0 Å². The normalized spacial score (nSPS) is 17.9. The molecule has 2 unspecified atom stereocenters. The van der Waals surface area contributed by atoms with E-state index < -0.39 is 12.0 Å². The molecule has 2 heterocycles. The summed E-state index contributed by atoms with van der Waals surface area (Å²) in [6.07, 6.45) is 2.09. The average Bonchev–Trinajstić information content (AvgIpc) is 3.41. The molecule has 1 saturated carbocycles. The zero-order chi connectivity index (χ0) is 27.0. The number of alkyl halides is 2. The van der Waals surface area contributed by atoms with E-state index in [1.54, 1.807) is 13.1 Å². The fraction of sp³-hybridized carbons (Fsp3) is 0.556. The first-order valence-electron chi connectivity index (χ1n) is 12.8. The number of H-pyrrole nitrogens is 1. The van der Waals surface area contributed by atoms with Crippen molar-refractivity contribution in [2.45, 2.75) is 77.8 Å². The molecule has 1 fully saturated rings. The molecule has 37 heavy (non-hydrogen) atoms. The molecule has 1 aliphatic carbocycles. The molecule has 1 aromatic carbocycles. The lowest BCUT2D eigenvalue weighted by atomic mass is 9.81. The van der Waals surface area contributed by atoms with Crippen LogP contribution in [0.25, 0.3) is 11.0 Å². The summed E-state index contributed by atoms with van der Waals surface area (Å²) < 4.78 is 29.3. The van der Waals surface area contributed by atoms with Gasteiger partial charge in [0, 0.05) is 32.5 Å². The zero-order valence-corrected chi connectivity index (χ0v) is 22.1. The second kappa shape index (κ2) is 10.2. The highest BCUT2D eigenvalue weighted by Crippen LogP contribution is 2.41. The van der Waals surface area contributed by atoms with Crippen molar-refractivity contribution in [3.8, 4) is 0 Å². The van der Waals surface area contributed by atoms with E-state index in [-0.39, 0.29) is 54.9 Å². The van der Waals surface area contributed by atoms with Gasteiger partial charge in [0.15, 0.2) is 0 Å². The molecule has 3 N–H and O–H groups in total. The number of rotatable bonds is 7. The molecular weight excluding hydrogens is 478 g/mol. The highest BCUT2D eigenvalue weighted by Gasteiger charge is 2.39. The van der Waals surface area contributed by atoms with Crippen molar-refractivity contribution in [2.75, 3.05) is 0 Å². The Kier molecular flexibility index (Phi) is 7.39. The van der Waals surface area contributed by atoms with Gasteiger partial charge in [-0.2, -0.15) is 5.10 Å². The van der Waals surface area contributed by atoms with E-state index in [0.29, 0.717) is 23.5 Å². The molecule has 2 aromatic heterocycles. The van der Waals surface area contributed by atoms with Crippen LogP contribution in [-0.4, -0.2) is 37.5 Å². The third-order valence-electron chi connectivity index (χ3n) is 6.96. The molecule has 0 bridgehead atoms. The number of carbonyl (C=O) groups excluding carboxylic acids is 2. The van der Waals surface area contributed by atoms with Gasteiger partial charge in [0.05, 0.1) is 23.1 Å². The van der Waals surface area contributed by atoms with Gasteiger partial charge in [-0.3, -0.25) is 14.3 Å². The Morgan fingerprint density at radius 1 is 1.19 bits per heavy atom. The summed E-state index contributed by atoms with van der Waals surface area (Å²) >= 11 is 0. The summed E-state index contributed by atoms with van der Waals surface area (Å²) in [4.78, 5) is 33.5. The standard InChI is InChI=1S/C27H36F2N6O2/c1-16(31-22(36)15-26(2,3)4)18-6-7-19-20(14-18)33-24(32-19)23(17-8-11-27(28,29)12-9-17)34-25(37)21-10-13-30-35(21)5/h6-7,10,13-14,16-17,23H,8-9,11-12,15H2,1-5H3,(H,31,36)(H,32,33)(H,34,37). The van der Waals surface area contributed by atoms with Gasteiger partial charge in [0.2, 0.25) is 11.8 Å². The number of fused-ring (bicyclic) bond motifs is 1. The first kappa shape index (κ1) is 26.8. The predicted octanol–water partition coefficient (Wildman–Crippen LogP) is 5.21. The minimum atomic E-state index is -2.68. The summed E-state index contributed by atoms with van der Waals surface area (Å²) in [5.74, 6) is -2.69. The van der Waals surface area contributed by atoms with Crippen LogP contribution in [-0.2, 0) is 11.8 Å². The SMILES string of the molecule is CC(NC(=O)CC(C)(C)C)c1ccc2nc(C(NC(=O)c3ccnn3C)C3CCC(F)(F)CC3)[nH]c2c1. The van der Waals surface area contributed by atoms with E-state index in [1.807, 2.05) is 45.9 Å². The van der Waals surface area contributed by atoms with E-state index in [2.05, 4.69) is 20.7 Å². The zero-order valence-electron chi connectivity index (χ0n) is 22.1. The molecule has 3 aromatic rings. The number of carbonyl (C=O) groups is 2. The smallest absolute Gasteiger partial charge is 0.270 e. The van der Waals surface area contributed by atoms with E-state index in [0.717, 1.165) is 11.1 Å². The van der Waals surface area contributed by atoms with Gasteiger partial charge in [-0.05, 0) is 54.9 Å². The summed E-state index contributed by atoms with van der Waals surface area (Å²) in [7, 11) is 1.68. The van der Waals surface area contributed by atoms with E-state index >= 15 is 0 Å². The van der Waals surface area contributed by atoms with Crippen LogP contribution in [0.1, 0.15) is 93.8 Å². The molecule has 2 amide bonds. The van der Waals surface area contributed by atoms with Crippen molar-refractivity contribution in [1.82, 2.24) is 30.4 Å². The van der Waals surface area contributed by atoms with Crippen LogP contribution in [0, 0.1) is 11.3 Å². The Morgan fingerprint density at radius 2 is 1.89 bits per heavy atom. The van der Waals surface area contributed by atoms with Gasteiger partial charge in [-0.25, -0.2) is 13.8 Å². The third-order valence-corrected chi connectivity index (χ3v) is 6.96. The molecule has 10 heteroatoms. The molecule has 1 aliphatic rings. The molecule has 8 nitrogen and oxygen atoms in total. The van der Waals surface area contributed by atoms with Crippen molar-refractivity contribution < 1.29 is 18.4 Å². The van der Waals surface area contributed by atoms with Crippen molar-refractivity contribution in [3.05, 3.63) is 47.5 Å². The average molecular weight is 515 g/mol. The van der Waals surface area contributed by atoms with Gasteiger partial charge >= 0.3 is 0 Å². The maximum Gasteiger partial charge on any atom is 0.270 e. The van der Waals surface area contributed by atoms with Crippen LogP contribution in [0.3, 0.4) is 0 Å². The Morgan fingerprint density at radius 3 is 2.51 bits per heavy atom. The Hall–Kier alpha value is -3.30. The first-order valence-corrected chi connectivity index (χ1v) is 12.8. The second-order valence-corrected chi connectivity index (χ2v) is 11.4. The minimum Gasteiger partial charge on any atom is -0.350 e. The van der Waals surface area contributed by atoms with E-state index in [9.17, 15) is 18.4 Å². The molecule has 0 aliphatic heterocycles. The number of nitrogens with zero attached hydrogens (tertiary/aromatic N) is 3. The molecular formula is C27H36F2N6O2. The van der Waals surface area contributed by atoms with Gasteiger partial charge in [0.25, 0.3) is 5.91 Å². The number of amides is 2. The van der Waals surface area contributed by atoms with Crippen molar-refractivity contribution in [3.63, 3.8) is 0 Å². The molecule has 0 saturated heterocycles. The molecule has 4 rings (SSSR count). The molecule has 2 atom stereocenters. The van der Waals surface area contributed by atoms with Gasteiger partial charge in [-0.15, -0.1) is 0 Å². The number of halogens is 2. The van der Waals surface area contributed by atoms with Gasteiger partial charge in [0.1, 0.15) is 11.5 Å². The van der Waals surface area contributed by atoms with Crippen LogP contribution in [0.15, 0.2) is 30.5 Å². The Balaban J connectivity index is 1.58. The van der Waals surface area contributed by atoms with Crippen LogP contribution in [0.2, 0.25) is 0 Å². The van der Waals surface area contributed by atoms with Crippen molar-refractivity contribution in [1.29, 1.82) is 0 Å². The lowest BCUT2D eigenvalue weighted by Gasteiger charge is -2.33. The number of nitrogens with one attached hydrogen (secondary N) is 3. The number of hydrogen-bond acceptors (Lipinski definition) is 4. The number of benzene rings is 1. The number of imidazole rings is 1. The number of aryl methyl sites for hydroxylation is 1. The van der Waals surface area contributed by atoms with Crippen LogP contribution >= 0.6 is 0 Å². The van der Waals surface area contributed by atoms with E-state index in [1.165, 1.54) is 10.9 Å². The Labute approximate surface area is 215 Å². The lowest BCUT2D eigenvalue weighted by Crippen LogP contribution is -2.38. The van der Waals surface area contributed by atoms with Gasteiger partial charge in [-0.1, -0.05) is 26.8 Å². The topological polar surface area (TPSA) is 105 Å². The van der Waals surface area contributed by atoms with Crippen molar-refractivity contribution in [2.24, 2.45) is 18.4 Å².